The third-order valence-electron chi connectivity index (χ3n) is 2.52. The van der Waals surface area contributed by atoms with E-state index in [-0.39, 0.29) is 5.91 Å². The molecule has 2 rings (SSSR count). The lowest BCUT2D eigenvalue weighted by Gasteiger charge is -2.34. The Morgan fingerprint density at radius 2 is 2.06 bits per heavy atom. The van der Waals surface area contributed by atoms with Gasteiger partial charge in [0.1, 0.15) is 0 Å². The van der Waals surface area contributed by atoms with E-state index in [9.17, 15) is 4.79 Å². The lowest BCUT2D eigenvalue weighted by Crippen LogP contribution is -2.43. The number of hydrogen-bond donors (Lipinski definition) is 0. The second kappa shape index (κ2) is 5.27. The molecule has 0 spiro atoms. The van der Waals surface area contributed by atoms with E-state index in [1.165, 1.54) is 2.88 Å². The molecule has 2 atom stereocenters. The van der Waals surface area contributed by atoms with Crippen LogP contribution in [-0.2, 0) is 0 Å². The molecular formula is C11H14INOS2. The molecule has 16 heavy (non-hydrogen) atoms. The van der Waals surface area contributed by atoms with Gasteiger partial charge >= 0.3 is 0 Å². The van der Waals surface area contributed by atoms with Crippen LogP contribution in [0, 0.1) is 2.88 Å². The van der Waals surface area contributed by atoms with Crippen molar-refractivity contribution >= 4 is 51.6 Å². The van der Waals surface area contributed by atoms with Crippen LogP contribution in [-0.4, -0.2) is 34.4 Å². The number of halogens is 1. The van der Waals surface area contributed by atoms with Crippen molar-refractivity contribution in [1.82, 2.24) is 4.90 Å². The molecule has 2 unspecified atom stereocenters. The number of rotatable bonds is 1. The van der Waals surface area contributed by atoms with Gasteiger partial charge in [0.15, 0.2) is 0 Å². The SMILES string of the molecule is CC1CN(C(=O)c2csc(I)c2)CC(C)S1. The Hall–Kier alpha value is 0.250. The van der Waals surface area contributed by atoms with Crippen molar-refractivity contribution in [1.29, 1.82) is 0 Å². The van der Waals surface area contributed by atoms with Crippen molar-refractivity contribution in [3.63, 3.8) is 0 Å². The number of amides is 1. The summed E-state index contributed by atoms with van der Waals surface area (Å²) >= 11 is 5.86. The predicted molar refractivity (Wildman–Crippen MR) is 79.5 cm³/mol. The van der Waals surface area contributed by atoms with Crippen LogP contribution in [0.15, 0.2) is 11.4 Å². The van der Waals surface area contributed by atoms with Gasteiger partial charge in [-0.2, -0.15) is 11.8 Å². The lowest BCUT2D eigenvalue weighted by atomic mass is 10.2. The van der Waals surface area contributed by atoms with Crippen molar-refractivity contribution < 1.29 is 4.79 Å². The Bertz CT molecular complexity index is 383. The van der Waals surface area contributed by atoms with Gasteiger partial charge in [0.05, 0.1) is 8.45 Å². The number of nitrogens with zero attached hydrogens (tertiary/aromatic N) is 1. The molecule has 1 aliphatic rings. The topological polar surface area (TPSA) is 20.3 Å². The van der Waals surface area contributed by atoms with Gasteiger partial charge in [-0.05, 0) is 28.7 Å². The third kappa shape index (κ3) is 2.92. The van der Waals surface area contributed by atoms with Crippen LogP contribution < -0.4 is 0 Å². The summed E-state index contributed by atoms with van der Waals surface area (Å²) in [4.78, 5) is 14.2. The van der Waals surface area contributed by atoms with E-state index >= 15 is 0 Å². The van der Waals surface area contributed by atoms with Gasteiger partial charge in [-0.1, -0.05) is 13.8 Å². The normalized spacial score (nSPS) is 25.8. The fraction of sp³-hybridized carbons (Fsp3) is 0.545. The first-order chi connectivity index (χ1) is 7.56. The van der Waals surface area contributed by atoms with Gasteiger partial charge in [-0.3, -0.25) is 4.79 Å². The van der Waals surface area contributed by atoms with Crippen LogP contribution in [0.2, 0.25) is 0 Å². The maximum atomic E-state index is 12.2. The number of hydrogen-bond acceptors (Lipinski definition) is 3. The molecule has 1 fully saturated rings. The van der Waals surface area contributed by atoms with Crippen molar-refractivity contribution in [2.45, 2.75) is 24.3 Å². The molecule has 1 aliphatic heterocycles. The minimum Gasteiger partial charge on any atom is -0.336 e. The lowest BCUT2D eigenvalue weighted by molar-refractivity contribution is 0.0754. The van der Waals surface area contributed by atoms with Crippen LogP contribution in [0.25, 0.3) is 0 Å². The first-order valence-corrected chi connectivity index (χ1v) is 8.15. The molecule has 5 heteroatoms. The van der Waals surface area contributed by atoms with Crippen LogP contribution >= 0.6 is 45.7 Å². The molecule has 2 heterocycles. The zero-order valence-corrected chi connectivity index (χ0v) is 13.1. The van der Waals surface area contributed by atoms with Crippen LogP contribution in [0.1, 0.15) is 24.2 Å². The third-order valence-corrected chi connectivity index (χ3v) is 5.54. The van der Waals surface area contributed by atoms with Crippen molar-refractivity contribution in [2.24, 2.45) is 0 Å². The number of carbonyl (C=O) groups excluding carboxylic acids is 1. The van der Waals surface area contributed by atoms with Crippen LogP contribution in [0.3, 0.4) is 0 Å². The molecular weight excluding hydrogens is 353 g/mol. The first-order valence-electron chi connectivity index (χ1n) is 5.25. The summed E-state index contributed by atoms with van der Waals surface area (Å²) in [6, 6.07) is 1.98. The molecule has 1 saturated heterocycles. The maximum absolute atomic E-state index is 12.2. The fourth-order valence-electron chi connectivity index (χ4n) is 1.95. The van der Waals surface area contributed by atoms with Gasteiger partial charge in [0, 0.05) is 29.0 Å². The highest BCUT2D eigenvalue weighted by Crippen LogP contribution is 2.26. The smallest absolute Gasteiger partial charge is 0.254 e. The fourth-order valence-corrected chi connectivity index (χ4v) is 4.59. The van der Waals surface area contributed by atoms with Crippen LogP contribution in [0.5, 0.6) is 0 Å². The van der Waals surface area contributed by atoms with E-state index in [1.807, 2.05) is 28.1 Å². The van der Waals surface area contributed by atoms with Gasteiger partial charge in [-0.25, -0.2) is 0 Å². The Kier molecular flexibility index (Phi) is 4.18. The molecule has 0 saturated carbocycles. The average Bonchev–Trinajstić information content (AvgIpc) is 2.62. The number of thioether (sulfide) groups is 1. The highest BCUT2D eigenvalue weighted by Gasteiger charge is 2.26. The van der Waals surface area contributed by atoms with E-state index in [2.05, 4.69) is 36.4 Å². The van der Waals surface area contributed by atoms with Gasteiger partial charge < -0.3 is 4.90 Å². The summed E-state index contributed by atoms with van der Waals surface area (Å²) in [6.45, 7) is 6.14. The Balaban J connectivity index is 2.09. The predicted octanol–water partition coefficient (Wildman–Crippen LogP) is 3.32. The molecule has 2 nitrogen and oxygen atoms in total. The van der Waals surface area contributed by atoms with Gasteiger partial charge in [0.2, 0.25) is 0 Å². The second-order valence-corrected chi connectivity index (χ2v) is 8.79. The molecule has 88 valence electrons. The molecule has 1 aromatic heterocycles. The quantitative estimate of drug-likeness (QED) is 0.710. The molecule has 1 aromatic rings. The second-order valence-electron chi connectivity index (χ2n) is 4.11. The summed E-state index contributed by atoms with van der Waals surface area (Å²) in [6.07, 6.45) is 0. The van der Waals surface area contributed by atoms with Gasteiger partial charge in [-0.15, -0.1) is 11.3 Å². The number of thiophene rings is 1. The number of carbonyl (C=O) groups is 1. The molecule has 0 bridgehead atoms. The van der Waals surface area contributed by atoms with E-state index in [0.29, 0.717) is 10.5 Å². The highest BCUT2D eigenvalue weighted by molar-refractivity contribution is 14.1. The minimum absolute atomic E-state index is 0.193. The van der Waals surface area contributed by atoms with Crippen molar-refractivity contribution in [3.05, 3.63) is 19.9 Å². The van der Waals surface area contributed by atoms with E-state index < -0.39 is 0 Å². The summed E-state index contributed by atoms with van der Waals surface area (Å²) in [7, 11) is 0. The van der Waals surface area contributed by atoms with Crippen LogP contribution in [0.4, 0.5) is 0 Å². The first kappa shape index (κ1) is 12.7. The van der Waals surface area contributed by atoms with E-state index in [4.69, 9.17) is 0 Å². The minimum atomic E-state index is 0.193. The monoisotopic (exact) mass is 367 g/mol. The molecule has 0 N–H and O–H groups in total. The van der Waals surface area contributed by atoms with E-state index in [1.54, 1.807) is 11.3 Å². The average molecular weight is 367 g/mol. The Morgan fingerprint density at radius 3 is 2.56 bits per heavy atom. The van der Waals surface area contributed by atoms with Gasteiger partial charge in [0.25, 0.3) is 5.91 Å². The highest BCUT2D eigenvalue weighted by atomic mass is 127. The molecule has 0 aliphatic carbocycles. The summed E-state index contributed by atoms with van der Waals surface area (Å²) < 4.78 is 1.17. The summed E-state index contributed by atoms with van der Waals surface area (Å²) in [5.41, 5.74) is 0.848. The molecule has 1 amide bonds. The van der Waals surface area contributed by atoms with Crippen molar-refractivity contribution in [3.8, 4) is 0 Å². The summed E-state index contributed by atoms with van der Waals surface area (Å²) in [5.74, 6) is 0.193. The zero-order chi connectivity index (χ0) is 11.7. The van der Waals surface area contributed by atoms with Crippen molar-refractivity contribution in [2.75, 3.05) is 13.1 Å². The standard InChI is InChI=1S/C11H14INOS2/c1-7-4-13(5-8(2)16-7)11(14)9-3-10(12)15-6-9/h3,6-8H,4-5H2,1-2H3. The summed E-state index contributed by atoms with van der Waals surface area (Å²) in [5, 5.41) is 3.05. The van der Waals surface area contributed by atoms with E-state index in [0.717, 1.165) is 18.7 Å². The Labute approximate surface area is 118 Å². The maximum Gasteiger partial charge on any atom is 0.254 e. The Morgan fingerprint density at radius 1 is 1.44 bits per heavy atom. The molecule has 0 radical (unpaired) electrons. The zero-order valence-electron chi connectivity index (χ0n) is 9.27. The molecule has 0 aromatic carbocycles. The largest absolute Gasteiger partial charge is 0.336 e.